The molecular weight excluding hydrogens is 471 g/mol. The van der Waals surface area contributed by atoms with E-state index in [1.807, 2.05) is 0 Å². The van der Waals surface area contributed by atoms with Crippen LogP contribution in [0.25, 0.3) is 0 Å². The Morgan fingerprint density at radius 1 is 0.750 bits per heavy atom. The molecule has 2 rings (SSSR count). The first kappa shape index (κ1) is 24.4. The van der Waals surface area contributed by atoms with Crippen molar-refractivity contribution in [1.29, 1.82) is 0 Å². The summed E-state index contributed by atoms with van der Waals surface area (Å²) in [5.41, 5.74) is 14.1. The van der Waals surface area contributed by atoms with Crippen LogP contribution in [-0.4, -0.2) is 13.1 Å². The Morgan fingerprint density at radius 2 is 1.14 bits per heavy atom. The van der Waals surface area contributed by atoms with Crippen molar-refractivity contribution in [2.75, 3.05) is 13.1 Å². The molecule has 4 N–H and O–H groups in total. The van der Waals surface area contributed by atoms with Gasteiger partial charge in [-0.1, -0.05) is 24.3 Å². The van der Waals surface area contributed by atoms with Crippen molar-refractivity contribution in [2.24, 2.45) is 11.5 Å². The number of rotatable bonds is 8. The van der Waals surface area contributed by atoms with Crippen molar-refractivity contribution in [3.63, 3.8) is 0 Å². The van der Waals surface area contributed by atoms with Gasteiger partial charge in [0.2, 0.25) is 0 Å². The number of benzene rings is 2. The smallest absolute Gasteiger partial charge is 0.123 e. The van der Waals surface area contributed by atoms with E-state index in [9.17, 15) is 13.2 Å². The topological polar surface area (TPSA) is 52.0 Å². The van der Waals surface area contributed by atoms with Gasteiger partial charge in [-0.2, -0.15) is 0 Å². The van der Waals surface area contributed by atoms with E-state index in [1.54, 1.807) is 12.1 Å². The first-order valence-corrected chi connectivity index (χ1v) is 10.1. The molecule has 2 nitrogen and oxygen atoms in total. The van der Waals surface area contributed by atoms with Gasteiger partial charge in [-0.3, -0.25) is 0 Å². The lowest BCUT2D eigenvalue weighted by Crippen LogP contribution is -2.03. The Kier molecular flexibility index (Phi) is 12.5. The van der Waals surface area contributed by atoms with Gasteiger partial charge >= 0.3 is 0 Å². The number of hydrogen-bond acceptors (Lipinski definition) is 2. The van der Waals surface area contributed by atoms with Crippen LogP contribution in [0.2, 0.25) is 0 Å². The predicted octanol–water partition coefficient (Wildman–Crippen LogP) is 5.61. The van der Waals surface area contributed by atoms with Crippen LogP contribution in [0.5, 0.6) is 0 Å². The predicted molar refractivity (Wildman–Crippen MR) is 119 cm³/mol. The molecule has 0 spiro atoms. The van der Waals surface area contributed by atoms with E-state index < -0.39 is 0 Å². The maximum atomic E-state index is 12.5. The second-order valence-corrected chi connectivity index (χ2v) is 7.44. The molecule has 0 saturated carbocycles. The van der Waals surface area contributed by atoms with Crippen molar-refractivity contribution in [3.8, 4) is 0 Å². The van der Waals surface area contributed by atoms with E-state index in [-0.39, 0.29) is 12.4 Å². The van der Waals surface area contributed by atoms with Crippen LogP contribution >= 0.6 is 22.6 Å². The van der Waals surface area contributed by atoms with E-state index in [0.29, 0.717) is 49.6 Å². The van der Waals surface area contributed by atoms with Crippen molar-refractivity contribution < 1.29 is 13.2 Å². The molecule has 0 aliphatic heterocycles. The molecular formula is C22H26F3IN2. The van der Waals surface area contributed by atoms with Gasteiger partial charge in [0.05, 0.1) is 12.7 Å². The summed E-state index contributed by atoms with van der Waals surface area (Å²) in [6.45, 7) is 0.540. The molecule has 28 heavy (non-hydrogen) atoms. The third-order valence-electron chi connectivity index (χ3n) is 4.13. The van der Waals surface area contributed by atoms with E-state index in [1.165, 1.54) is 21.3 Å². The lowest BCUT2D eigenvalue weighted by molar-refractivity contribution is 0.626. The van der Waals surface area contributed by atoms with Gasteiger partial charge in [-0.25, -0.2) is 13.2 Å². The molecule has 2 aromatic rings. The quantitative estimate of drug-likeness (QED) is 0.467. The van der Waals surface area contributed by atoms with E-state index >= 15 is 0 Å². The molecule has 0 saturated heterocycles. The summed E-state index contributed by atoms with van der Waals surface area (Å²) in [6.07, 6.45) is 3.99. The Bertz CT molecular complexity index is 676. The van der Waals surface area contributed by atoms with Gasteiger partial charge < -0.3 is 11.5 Å². The normalized spacial score (nSPS) is 11.8. The Labute approximate surface area is 178 Å². The largest absolute Gasteiger partial charge is 0.327 e. The number of hydrogen-bond donors (Lipinski definition) is 2. The summed E-state index contributed by atoms with van der Waals surface area (Å²) in [7, 11) is 0. The SMILES string of the molecule is NC/C(=C/F)CCc1ccc([123I])cc1.NC/C(=C/[18F])CCc1ccc(F)cc1. The van der Waals surface area contributed by atoms with Crippen molar-refractivity contribution in [1.82, 2.24) is 0 Å². The van der Waals surface area contributed by atoms with Crippen LogP contribution in [0.1, 0.15) is 24.0 Å². The minimum absolute atomic E-state index is 0.234. The summed E-state index contributed by atoms with van der Waals surface area (Å²) in [5, 5.41) is 0. The molecule has 0 aliphatic carbocycles. The van der Waals surface area contributed by atoms with E-state index in [0.717, 1.165) is 12.0 Å². The summed E-state index contributed by atoms with van der Waals surface area (Å²) < 4.78 is 38.0. The fourth-order valence-corrected chi connectivity index (χ4v) is 2.67. The monoisotopic (exact) mass is 497 g/mol. The number of aryl methyl sites for hydroxylation is 2. The highest BCUT2D eigenvalue weighted by Crippen LogP contribution is 2.12. The first-order valence-electron chi connectivity index (χ1n) is 8.97. The molecule has 6 heteroatoms. The van der Waals surface area contributed by atoms with Gasteiger partial charge in [0.25, 0.3) is 0 Å². The van der Waals surface area contributed by atoms with Crippen LogP contribution < -0.4 is 11.5 Å². The number of nitrogens with two attached hydrogens (primary N) is 2. The highest BCUT2D eigenvalue weighted by Gasteiger charge is 1.98. The zero-order valence-electron chi connectivity index (χ0n) is 15.7. The maximum Gasteiger partial charge on any atom is 0.123 e. The van der Waals surface area contributed by atoms with Crippen molar-refractivity contribution >= 4 is 22.6 Å². The average molecular weight is 497 g/mol. The molecule has 0 radical (unpaired) electrons. The summed E-state index contributed by atoms with van der Waals surface area (Å²) in [5.74, 6) is -0.256. The third kappa shape index (κ3) is 10.1. The molecule has 0 aromatic heterocycles. The van der Waals surface area contributed by atoms with E-state index in [4.69, 9.17) is 11.5 Å². The first-order chi connectivity index (χ1) is 13.5. The van der Waals surface area contributed by atoms with Crippen LogP contribution in [0.15, 0.2) is 72.3 Å². The minimum Gasteiger partial charge on any atom is -0.327 e. The molecule has 0 aliphatic rings. The van der Waals surface area contributed by atoms with Gasteiger partial charge in [0.1, 0.15) is 5.82 Å². The molecule has 2 aromatic carbocycles. The lowest BCUT2D eigenvalue weighted by atomic mass is 10.1. The molecule has 152 valence electrons. The minimum atomic E-state index is -0.256. The van der Waals surface area contributed by atoms with Gasteiger partial charge in [0, 0.05) is 16.7 Å². The summed E-state index contributed by atoms with van der Waals surface area (Å²) >= 11 is 2.26. The molecule has 0 bridgehead atoms. The average Bonchev–Trinajstić information content (AvgIpc) is 2.72. The second-order valence-electron chi connectivity index (χ2n) is 6.20. The van der Waals surface area contributed by atoms with Crippen molar-refractivity contribution in [2.45, 2.75) is 25.7 Å². The van der Waals surface area contributed by atoms with Gasteiger partial charge in [0.15, 0.2) is 0 Å². The molecule has 0 amide bonds. The molecule has 0 atom stereocenters. The van der Waals surface area contributed by atoms with Crippen LogP contribution in [0.4, 0.5) is 13.2 Å². The Balaban J connectivity index is 0.000000280. The zero-order valence-corrected chi connectivity index (χ0v) is 17.8. The standard InChI is InChI=1S/C11H13F2N.C11H13FIN/c2*12-7-10(8-14)2-1-9-3-5-11(13)6-4-9/h2*3-7H,1-2,8,14H2/b2*10-7+/i12-1;13-4. The highest BCUT2D eigenvalue weighted by molar-refractivity contribution is 14.1. The van der Waals surface area contributed by atoms with Crippen LogP contribution in [0.3, 0.4) is 0 Å². The van der Waals surface area contributed by atoms with Crippen LogP contribution in [-0.2, 0) is 12.8 Å². The summed E-state index contributed by atoms with van der Waals surface area (Å²) in [4.78, 5) is 0. The Hall–Kier alpha value is -1.64. The van der Waals surface area contributed by atoms with Crippen molar-refractivity contribution in [3.05, 3.63) is 92.9 Å². The highest BCUT2D eigenvalue weighted by atomic mass is 123. The van der Waals surface area contributed by atoms with Crippen LogP contribution in [0, 0.1) is 9.39 Å². The number of halogens is 4. The fraction of sp³-hybridized carbons (Fsp3) is 0.273. The lowest BCUT2D eigenvalue weighted by Gasteiger charge is -2.03. The maximum absolute atomic E-state index is 12.5. The third-order valence-corrected chi connectivity index (χ3v) is 4.85. The molecule has 0 unspecified atom stereocenters. The van der Waals surface area contributed by atoms with Gasteiger partial charge in [-0.15, -0.1) is 0 Å². The second kappa shape index (κ2) is 14.4. The van der Waals surface area contributed by atoms with Gasteiger partial charge in [-0.05, 0) is 94.8 Å². The molecule has 0 fully saturated rings. The fourth-order valence-electron chi connectivity index (χ4n) is 2.31. The zero-order chi connectivity index (χ0) is 20.8. The Morgan fingerprint density at radius 3 is 1.50 bits per heavy atom. The summed E-state index contributed by atoms with van der Waals surface area (Å²) in [6, 6.07) is 14.4. The molecule has 0 heterocycles. The van der Waals surface area contributed by atoms with E-state index in [2.05, 4.69) is 46.9 Å².